The Morgan fingerprint density at radius 2 is 2.05 bits per heavy atom. The summed E-state index contributed by atoms with van der Waals surface area (Å²) in [7, 11) is 0. The summed E-state index contributed by atoms with van der Waals surface area (Å²) >= 11 is 3.38. The Kier molecular flexibility index (Phi) is 5.83. The third kappa shape index (κ3) is 4.57. The summed E-state index contributed by atoms with van der Waals surface area (Å²) in [6, 6.07) is 5.73. The molecule has 1 unspecified atom stereocenters. The van der Waals surface area contributed by atoms with Crippen LogP contribution in [0.1, 0.15) is 44.6 Å². The second-order valence-electron chi connectivity index (χ2n) is 5.59. The van der Waals surface area contributed by atoms with Gasteiger partial charge in [0.2, 0.25) is 0 Å². The van der Waals surface area contributed by atoms with E-state index in [-0.39, 0.29) is 5.82 Å². The van der Waals surface area contributed by atoms with E-state index in [2.05, 4.69) is 28.2 Å². The van der Waals surface area contributed by atoms with E-state index in [1.807, 2.05) is 6.07 Å². The van der Waals surface area contributed by atoms with Crippen molar-refractivity contribution in [1.29, 1.82) is 0 Å². The number of rotatable bonds is 6. The lowest BCUT2D eigenvalue weighted by molar-refractivity contribution is 0.356. The van der Waals surface area contributed by atoms with Crippen molar-refractivity contribution >= 4 is 15.9 Å². The zero-order valence-electron chi connectivity index (χ0n) is 11.6. The highest BCUT2D eigenvalue weighted by atomic mass is 79.9. The van der Waals surface area contributed by atoms with Crippen LogP contribution in [0.5, 0.6) is 0 Å². The Morgan fingerprint density at radius 1 is 1.32 bits per heavy atom. The van der Waals surface area contributed by atoms with Crippen LogP contribution in [-0.2, 0) is 6.42 Å². The van der Waals surface area contributed by atoms with E-state index >= 15 is 0 Å². The summed E-state index contributed by atoms with van der Waals surface area (Å²) in [6.07, 6.45) is 7.41. The predicted molar refractivity (Wildman–Crippen MR) is 81.8 cm³/mol. The summed E-state index contributed by atoms with van der Waals surface area (Å²) in [5.41, 5.74) is 1.09. The van der Waals surface area contributed by atoms with Crippen LogP contribution in [-0.4, -0.2) is 12.6 Å². The fourth-order valence-corrected chi connectivity index (χ4v) is 3.59. The van der Waals surface area contributed by atoms with Gasteiger partial charge in [-0.05, 0) is 61.9 Å². The molecule has 1 aliphatic carbocycles. The molecule has 0 aliphatic heterocycles. The van der Waals surface area contributed by atoms with Gasteiger partial charge in [-0.15, -0.1) is 0 Å². The normalized spacial score (nSPS) is 17.8. The molecule has 0 aromatic heterocycles. The average Bonchev–Trinajstić information content (AvgIpc) is 2.87. The second-order valence-corrected chi connectivity index (χ2v) is 6.50. The molecule has 1 saturated carbocycles. The molecule has 0 bridgehead atoms. The van der Waals surface area contributed by atoms with Crippen LogP contribution in [0.25, 0.3) is 0 Å². The molecule has 0 spiro atoms. The summed E-state index contributed by atoms with van der Waals surface area (Å²) in [5.74, 6) is 0.610. The fourth-order valence-electron chi connectivity index (χ4n) is 3.08. The zero-order valence-corrected chi connectivity index (χ0v) is 13.2. The lowest BCUT2D eigenvalue weighted by Gasteiger charge is -2.25. The molecule has 0 saturated heterocycles. The van der Waals surface area contributed by atoms with Gasteiger partial charge in [-0.2, -0.15) is 0 Å². The maximum absolute atomic E-state index is 13.5. The Bertz CT molecular complexity index is 381. The van der Waals surface area contributed by atoms with Crippen LogP contribution in [0.15, 0.2) is 22.7 Å². The van der Waals surface area contributed by atoms with E-state index in [4.69, 9.17) is 0 Å². The SMILES string of the molecule is CCCNC(Cc1cc(F)cc(Br)c1)C1CCCC1. The minimum Gasteiger partial charge on any atom is -0.313 e. The van der Waals surface area contributed by atoms with Gasteiger partial charge in [0.1, 0.15) is 5.82 Å². The van der Waals surface area contributed by atoms with Gasteiger partial charge in [0.15, 0.2) is 0 Å². The van der Waals surface area contributed by atoms with Crippen LogP contribution < -0.4 is 5.32 Å². The van der Waals surface area contributed by atoms with Crippen LogP contribution in [0, 0.1) is 11.7 Å². The number of hydrogen-bond donors (Lipinski definition) is 1. The molecular formula is C16H23BrFN. The van der Waals surface area contributed by atoms with Crippen molar-refractivity contribution < 1.29 is 4.39 Å². The molecule has 1 N–H and O–H groups in total. The number of halogens is 2. The molecule has 1 aliphatic rings. The van der Waals surface area contributed by atoms with E-state index in [1.54, 1.807) is 6.07 Å². The Morgan fingerprint density at radius 3 is 2.68 bits per heavy atom. The van der Waals surface area contributed by atoms with Gasteiger partial charge in [0.25, 0.3) is 0 Å². The summed E-state index contributed by atoms with van der Waals surface area (Å²) in [5, 5.41) is 3.66. The van der Waals surface area contributed by atoms with Gasteiger partial charge in [-0.25, -0.2) is 4.39 Å². The Labute approximate surface area is 124 Å². The fraction of sp³-hybridized carbons (Fsp3) is 0.625. The highest BCUT2D eigenvalue weighted by molar-refractivity contribution is 9.10. The highest BCUT2D eigenvalue weighted by Gasteiger charge is 2.24. The van der Waals surface area contributed by atoms with Crippen LogP contribution in [0.4, 0.5) is 4.39 Å². The van der Waals surface area contributed by atoms with E-state index in [1.165, 1.54) is 31.7 Å². The first-order chi connectivity index (χ1) is 9.19. The highest BCUT2D eigenvalue weighted by Crippen LogP contribution is 2.29. The van der Waals surface area contributed by atoms with Gasteiger partial charge in [0.05, 0.1) is 0 Å². The third-order valence-electron chi connectivity index (χ3n) is 4.00. The maximum atomic E-state index is 13.5. The summed E-state index contributed by atoms with van der Waals surface area (Å²) < 4.78 is 14.3. The monoisotopic (exact) mass is 327 g/mol. The Balaban J connectivity index is 2.05. The van der Waals surface area contributed by atoms with Crippen molar-refractivity contribution in [2.45, 2.75) is 51.5 Å². The van der Waals surface area contributed by atoms with Gasteiger partial charge in [-0.1, -0.05) is 35.7 Å². The van der Waals surface area contributed by atoms with Crippen LogP contribution in [0.2, 0.25) is 0 Å². The van der Waals surface area contributed by atoms with E-state index in [0.717, 1.165) is 35.3 Å². The van der Waals surface area contributed by atoms with Crippen LogP contribution in [0.3, 0.4) is 0 Å². The maximum Gasteiger partial charge on any atom is 0.124 e. The molecule has 19 heavy (non-hydrogen) atoms. The van der Waals surface area contributed by atoms with Gasteiger partial charge >= 0.3 is 0 Å². The molecule has 3 heteroatoms. The van der Waals surface area contributed by atoms with Crippen molar-refractivity contribution in [2.24, 2.45) is 5.92 Å². The summed E-state index contributed by atoms with van der Waals surface area (Å²) in [6.45, 7) is 3.25. The second kappa shape index (κ2) is 7.39. The quantitative estimate of drug-likeness (QED) is 0.799. The standard InChI is InChI=1S/C16H23BrFN/c1-2-7-19-16(13-5-3-4-6-13)10-12-8-14(17)11-15(18)9-12/h8-9,11,13,16,19H,2-7,10H2,1H3. The number of nitrogens with one attached hydrogen (secondary N) is 1. The molecule has 1 fully saturated rings. The minimum absolute atomic E-state index is 0.148. The zero-order chi connectivity index (χ0) is 13.7. The van der Waals surface area contributed by atoms with Gasteiger partial charge < -0.3 is 5.32 Å². The van der Waals surface area contributed by atoms with Crippen molar-refractivity contribution in [3.05, 3.63) is 34.1 Å². The molecule has 0 heterocycles. The molecule has 1 nitrogen and oxygen atoms in total. The molecule has 1 atom stereocenters. The summed E-state index contributed by atoms with van der Waals surface area (Å²) in [4.78, 5) is 0. The third-order valence-corrected chi connectivity index (χ3v) is 4.46. The van der Waals surface area contributed by atoms with E-state index < -0.39 is 0 Å². The smallest absolute Gasteiger partial charge is 0.124 e. The lowest BCUT2D eigenvalue weighted by Crippen LogP contribution is -2.37. The van der Waals surface area contributed by atoms with Gasteiger partial charge in [0, 0.05) is 10.5 Å². The molecule has 106 valence electrons. The lowest BCUT2D eigenvalue weighted by atomic mass is 9.92. The predicted octanol–water partition coefficient (Wildman–Crippen LogP) is 4.69. The molecule has 0 amide bonds. The molecule has 0 radical (unpaired) electrons. The van der Waals surface area contributed by atoms with Crippen LogP contribution >= 0.6 is 15.9 Å². The van der Waals surface area contributed by atoms with Crippen molar-refractivity contribution in [1.82, 2.24) is 5.32 Å². The molecule has 2 rings (SSSR count). The number of hydrogen-bond acceptors (Lipinski definition) is 1. The van der Waals surface area contributed by atoms with Crippen molar-refractivity contribution in [2.75, 3.05) is 6.54 Å². The largest absolute Gasteiger partial charge is 0.313 e. The number of benzene rings is 1. The first-order valence-corrected chi connectivity index (χ1v) is 8.16. The van der Waals surface area contributed by atoms with Gasteiger partial charge in [-0.3, -0.25) is 0 Å². The van der Waals surface area contributed by atoms with E-state index in [9.17, 15) is 4.39 Å². The molecule has 1 aromatic carbocycles. The first kappa shape index (κ1) is 15.0. The van der Waals surface area contributed by atoms with E-state index in [0.29, 0.717) is 6.04 Å². The average molecular weight is 328 g/mol. The minimum atomic E-state index is -0.148. The Hall–Kier alpha value is -0.410. The first-order valence-electron chi connectivity index (χ1n) is 7.37. The topological polar surface area (TPSA) is 12.0 Å². The van der Waals surface area contributed by atoms with Crippen molar-refractivity contribution in [3.8, 4) is 0 Å². The van der Waals surface area contributed by atoms with Crippen molar-refractivity contribution in [3.63, 3.8) is 0 Å². The molecular weight excluding hydrogens is 305 g/mol. The molecule has 1 aromatic rings.